The molecule has 17 heavy (non-hydrogen) atoms. The Balaban J connectivity index is 1.64. The van der Waals surface area contributed by atoms with Gasteiger partial charge in [-0.2, -0.15) is 0 Å². The summed E-state index contributed by atoms with van der Waals surface area (Å²) in [7, 11) is 0. The number of urea groups is 1. The van der Waals surface area contributed by atoms with Gasteiger partial charge in [-0.1, -0.05) is 39.0 Å². The van der Waals surface area contributed by atoms with E-state index in [0.717, 1.165) is 25.3 Å². The predicted molar refractivity (Wildman–Crippen MR) is 69.9 cm³/mol. The molecule has 0 spiro atoms. The quantitative estimate of drug-likeness (QED) is 0.779. The smallest absolute Gasteiger partial charge is 0.315 e. The van der Waals surface area contributed by atoms with Crippen molar-refractivity contribution in [2.24, 2.45) is 11.8 Å². The summed E-state index contributed by atoms with van der Waals surface area (Å²) in [5, 5.41) is 6.14. The van der Waals surface area contributed by atoms with Crippen LogP contribution < -0.4 is 10.6 Å². The lowest BCUT2D eigenvalue weighted by molar-refractivity contribution is 0.221. The van der Waals surface area contributed by atoms with Crippen LogP contribution in [0.4, 0.5) is 4.79 Å². The summed E-state index contributed by atoms with van der Waals surface area (Å²) >= 11 is 0. The molecule has 2 fully saturated rings. The fourth-order valence-corrected chi connectivity index (χ4v) is 3.23. The molecule has 0 saturated heterocycles. The minimum Gasteiger partial charge on any atom is -0.338 e. The van der Waals surface area contributed by atoms with Crippen LogP contribution in [0.5, 0.6) is 0 Å². The maximum absolute atomic E-state index is 11.7. The highest BCUT2D eigenvalue weighted by Gasteiger charge is 2.22. The largest absolute Gasteiger partial charge is 0.338 e. The number of nitrogens with one attached hydrogen (secondary N) is 2. The lowest BCUT2D eigenvalue weighted by Crippen LogP contribution is -2.43. The molecule has 2 amide bonds. The first-order chi connectivity index (χ1) is 8.25. The molecule has 0 aromatic carbocycles. The number of carbonyl (C=O) groups excluding carboxylic acids is 1. The Bertz CT molecular complexity index is 249. The van der Waals surface area contributed by atoms with Crippen LogP contribution in [0.3, 0.4) is 0 Å². The zero-order valence-corrected chi connectivity index (χ0v) is 11.0. The van der Waals surface area contributed by atoms with E-state index in [1.807, 2.05) is 0 Å². The van der Waals surface area contributed by atoms with Gasteiger partial charge in [-0.15, -0.1) is 0 Å². The minimum atomic E-state index is 0.0506. The molecule has 2 saturated carbocycles. The summed E-state index contributed by atoms with van der Waals surface area (Å²) in [6.45, 7) is 3.18. The molecule has 2 aliphatic carbocycles. The fraction of sp³-hybridized carbons (Fsp3) is 0.929. The number of carbonyl (C=O) groups is 1. The molecule has 0 bridgehead atoms. The standard InChI is InChI=1S/C14H26N2O/c1-11-6-2-3-7-12(11)10-15-14(17)16-13-8-4-5-9-13/h11-13H,2-10H2,1H3,(H2,15,16,17). The van der Waals surface area contributed by atoms with Gasteiger partial charge in [0.05, 0.1) is 0 Å². The highest BCUT2D eigenvalue weighted by Crippen LogP contribution is 2.28. The molecule has 3 heteroatoms. The number of hydrogen-bond acceptors (Lipinski definition) is 1. The third-order valence-electron chi connectivity index (χ3n) is 4.50. The van der Waals surface area contributed by atoms with E-state index in [9.17, 15) is 4.79 Å². The van der Waals surface area contributed by atoms with Crippen molar-refractivity contribution < 1.29 is 4.79 Å². The summed E-state index contributed by atoms with van der Waals surface area (Å²) in [5.74, 6) is 1.47. The van der Waals surface area contributed by atoms with Crippen LogP contribution in [0.15, 0.2) is 0 Å². The Morgan fingerprint density at radius 3 is 2.41 bits per heavy atom. The predicted octanol–water partition coefficient (Wildman–Crippen LogP) is 3.05. The third kappa shape index (κ3) is 3.90. The minimum absolute atomic E-state index is 0.0506. The number of hydrogen-bond donors (Lipinski definition) is 2. The summed E-state index contributed by atoms with van der Waals surface area (Å²) in [6.07, 6.45) is 10.2. The topological polar surface area (TPSA) is 41.1 Å². The molecule has 2 unspecified atom stereocenters. The van der Waals surface area contributed by atoms with Gasteiger partial charge in [0.25, 0.3) is 0 Å². The molecular weight excluding hydrogens is 212 g/mol. The van der Waals surface area contributed by atoms with Gasteiger partial charge in [0.1, 0.15) is 0 Å². The Labute approximate surface area is 105 Å². The van der Waals surface area contributed by atoms with Crippen molar-refractivity contribution in [2.75, 3.05) is 6.54 Å². The van der Waals surface area contributed by atoms with Crippen molar-refractivity contribution in [3.63, 3.8) is 0 Å². The first-order valence-electron chi connectivity index (χ1n) is 7.30. The van der Waals surface area contributed by atoms with E-state index in [-0.39, 0.29) is 6.03 Å². The second kappa shape index (κ2) is 6.27. The maximum Gasteiger partial charge on any atom is 0.315 e. The van der Waals surface area contributed by atoms with Crippen LogP contribution in [-0.2, 0) is 0 Å². The Morgan fingerprint density at radius 1 is 1.06 bits per heavy atom. The SMILES string of the molecule is CC1CCCCC1CNC(=O)NC1CCCC1. The van der Waals surface area contributed by atoms with Gasteiger partial charge in [0.2, 0.25) is 0 Å². The van der Waals surface area contributed by atoms with Crippen LogP contribution >= 0.6 is 0 Å². The van der Waals surface area contributed by atoms with Crippen molar-refractivity contribution in [3.05, 3.63) is 0 Å². The van der Waals surface area contributed by atoms with Crippen molar-refractivity contribution >= 4 is 6.03 Å². The zero-order valence-electron chi connectivity index (χ0n) is 11.0. The first-order valence-corrected chi connectivity index (χ1v) is 7.30. The second-order valence-electron chi connectivity index (χ2n) is 5.86. The number of amides is 2. The average molecular weight is 238 g/mol. The van der Waals surface area contributed by atoms with Gasteiger partial charge in [0.15, 0.2) is 0 Å². The van der Waals surface area contributed by atoms with E-state index in [1.165, 1.54) is 38.5 Å². The van der Waals surface area contributed by atoms with Gasteiger partial charge in [-0.3, -0.25) is 0 Å². The van der Waals surface area contributed by atoms with E-state index in [4.69, 9.17) is 0 Å². The van der Waals surface area contributed by atoms with Crippen LogP contribution in [-0.4, -0.2) is 18.6 Å². The molecule has 2 N–H and O–H groups in total. The van der Waals surface area contributed by atoms with Gasteiger partial charge < -0.3 is 10.6 Å². The van der Waals surface area contributed by atoms with Crippen LogP contribution in [0, 0.1) is 11.8 Å². The molecule has 0 aromatic rings. The molecule has 2 rings (SSSR count). The highest BCUT2D eigenvalue weighted by atomic mass is 16.2. The lowest BCUT2D eigenvalue weighted by Gasteiger charge is -2.29. The van der Waals surface area contributed by atoms with Crippen molar-refractivity contribution in [1.29, 1.82) is 0 Å². The van der Waals surface area contributed by atoms with E-state index in [2.05, 4.69) is 17.6 Å². The Morgan fingerprint density at radius 2 is 1.71 bits per heavy atom. The molecule has 0 heterocycles. The first kappa shape index (κ1) is 12.7. The van der Waals surface area contributed by atoms with E-state index < -0.39 is 0 Å². The lowest BCUT2D eigenvalue weighted by atomic mass is 9.80. The molecule has 3 nitrogen and oxygen atoms in total. The molecule has 2 atom stereocenters. The fourth-order valence-electron chi connectivity index (χ4n) is 3.23. The molecule has 0 radical (unpaired) electrons. The van der Waals surface area contributed by atoms with E-state index in [0.29, 0.717) is 12.0 Å². The van der Waals surface area contributed by atoms with Crippen LogP contribution in [0.1, 0.15) is 58.3 Å². The normalized spacial score (nSPS) is 30.2. The Hall–Kier alpha value is -0.730. The van der Waals surface area contributed by atoms with Crippen LogP contribution in [0.25, 0.3) is 0 Å². The molecule has 98 valence electrons. The molecule has 2 aliphatic rings. The Kier molecular flexibility index (Phi) is 4.69. The monoisotopic (exact) mass is 238 g/mol. The van der Waals surface area contributed by atoms with Crippen molar-refractivity contribution in [2.45, 2.75) is 64.3 Å². The summed E-state index contributed by atoms with van der Waals surface area (Å²) < 4.78 is 0. The summed E-state index contributed by atoms with van der Waals surface area (Å²) in [5.41, 5.74) is 0. The second-order valence-corrected chi connectivity index (χ2v) is 5.86. The molecule has 0 aromatic heterocycles. The summed E-state index contributed by atoms with van der Waals surface area (Å²) in [6, 6.07) is 0.480. The summed E-state index contributed by atoms with van der Waals surface area (Å²) in [4.78, 5) is 11.7. The van der Waals surface area contributed by atoms with Crippen molar-refractivity contribution in [3.8, 4) is 0 Å². The third-order valence-corrected chi connectivity index (χ3v) is 4.50. The van der Waals surface area contributed by atoms with Gasteiger partial charge in [-0.05, 0) is 31.1 Å². The van der Waals surface area contributed by atoms with Gasteiger partial charge in [0, 0.05) is 12.6 Å². The molecule has 0 aliphatic heterocycles. The average Bonchev–Trinajstić information content (AvgIpc) is 2.81. The van der Waals surface area contributed by atoms with Gasteiger partial charge in [-0.25, -0.2) is 4.79 Å². The van der Waals surface area contributed by atoms with Crippen LogP contribution in [0.2, 0.25) is 0 Å². The highest BCUT2D eigenvalue weighted by molar-refractivity contribution is 5.74. The molecular formula is C14H26N2O. The number of rotatable bonds is 3. The van der Waals surface area contributed by atoms with Crippen molar-refractivity contribution in [1.82, 2.24) is 10.6 Å². The zero-order chi connectivity index (χ0) is 12.1. The van der Waals surface area contributed by atoms with Gasteiger partial charge >= 0.3 is 6.03 Å². The van der Waals surface area contributed by atoms with E-state index >= 15 is 0 Å². The van der Waals surface area contributed by atoms with E-state index in [1.54, 1.807) is 0 Å². The maximum atomic E-state index is 11.7.